The Balaban J connectivity index is 1.51. The second-order valence-corrected chi connectivity index (χ2v) is 6.44. The number of hydrogen-bond donors (Lipinski definition) is 1. The van der Waals surface area contributed by atoms with Gasteiger partial charge in [0.1, 0.15) is 17.7 Å². The maximum Gasteiger partial charge on any atom is 0.419 e. The third-order valence-corrected chi connectivity index (χ3v) is 4.46. The molecule has 1 fully saturated rings. The van der Waals surface area contributed by atoms with Crippen molar-refractivity contribution in [3.8, 4) is 5.75 Å². The number of aromatic nitrogens is 2. The normalized spacial score (nSPS) is 16.3. The molecule has 0 aliphatic carbocycles. The highest BCUT2D eigenvalue weighted by atomic mass is 19.4. The number of nitrogens with zero attached hydrogens (tertiary/aromatic N) is 3. The summed E-state index contributed by atoms with van der Waals surface area (Å²) < 4.78 is 46.1. The maximum absolute atomic E-state index is 13.1. The van der Waals surface area contributed by atoms with Gasteiger partial charge in [-0.15, -0.1) is 0 Å². The Morgan fingerprint density at radius 2 is 1.89 bits per heavy atom. The zero-order chi connectivity index (χ0) is 19.4. The van der Waals surface area contributed by atoms with Crippen molar-refractivity contribution in [2.45, 2.75) is 25.1 Å². The van der Waals surface area contributed by atoms with E-state index in [1.54, 1.807) is 19.2 Å². The molecule has 0 atom stereocenters. The van der Waals surface area contributed by atoms with Gasteiger partial charge in [-0.1, -0.05) is 12.1 Å². The van der Waals surface area contributed by atoms with E-state index in [0.717, 1.165) is 6.07 Å². The van der Waals surface area contributed by atoms with Gasteiger partial charge in [-0.25, -0.2) is 4.68 Å². The summed E-state index contributed by atoms with van der Waals surface area (Å²) in [5.41, 5.74) is -0.924. The van der Waals surface area contributed by atoms with Crippen molar-refractivity contribution in [1.29, 1.82) is 0 Å². The fourth-order valence-corrected chi connectivity index (χ4v) is 2.96. The number of benzene rings is 1. The van der Waals surface area contributed by atoms with Crippen LogP contribution >= 0.6 is 0 Å². The topological polar surface area (TPSA) is 59.4 Å². The van der Waals surface area contributed by atoms with Crippen LogP contribution in [0.2, 0.25) is 0 Å². The number of piperidine rings is 1. The molecule has 0 bridgehead atoms. The maximum atomic E-state index is 13.1. The molecule has 2 aromatic rings. The standard InChI is InChI=1S/C18H21F3N4O2/c1-24-17(26)7-6-16(23-24)22-12-25-10-8-13(9-11-25)27-15-5-3-2-4-14(15)18(19,20)21/h2-7,13H,8-12H2,1H3,(H,22,23). The number of halogens is 3. The predicted octanol–water partition coefficient (Wildman–Crippen LogP) is 2.71. The monoisotopic (exact) mass is 382 g/mol. The average Bonchev–Trinajstić information content (AvgIpc) is 2.63. The molecule has 1 aromatic carbocycles. The van der Waals surface area contributed by atoms with Crippen LogP contribution in [0.15, 0.2) is 41.2 Å². The molecule has 0 unspecified atom stereocenters. The largest absolute Gasteiger partial charge is 0.490 e. The van der Waals surface area contributed by atoms with Crippen LogP contribution in [0.5, 0.6) is 5.75 Å². The van der Waals surface area contributed by atoms with Crippen LogP contribution in [0.25, 0.3) is 0 Å². The highest BCUT2D eigenvalue weighted by Crippen LogP contribution is 2.36. The highest BCUT2D eigenvalue weighted by Gasteiger charge is 2.35. The summed E-state index contributed by atoms with van der Waals surface area (Å²) in [5.74, 6) is 0.477. The second-order valence-electron chi connectivity index (χ2n) is 6.44. The summed E-state index contributed by atoms with van der Waals surface area (Å²) in [5, 5.41) is 7.24. The first kappa shape index (κ1) is 19.2. The van der Waals surface area contributed by atoms with Crippen LogP contribution in [0.1, 0.15) is 18.4 Å². The minimum Gasteiger partial charge on any atom is -0.490 e. The molecule has 27 heavy (non-hydrogen) atoms. The lowest BCUT2D eigenvalue weighted by Crippen LogP contribution is -2.41. The SMILES string of the molecule is Cn1nc(NCN2CCC(Oc3ccccc3C(F)(F)F)CC2)ccc1=O. The number of para-hydroxylation sites is 1. The highest BCUT2D eigenvalue weighted by molar-refractivity contribution is 5.35. The average molecular weight is 382 g/mol. The quantitative estimate of drug-likeness (QED) is 0.862. The Morgan fingerprint density at radius 3 is 2.56 bits per heavy atom. The van der Waals surface area contributed by atoms with E-state index >= 15 is 0 Å². The number of nitrogens with one attached hydrogen (secondary N) is 1. The van der Waals surface area contributed by atoms with Gasteiger partial charge in [-0.3, -0.25) is 9.69 Å². The molecular formula is C18H21F3N4O2. The summed E-state index contributed by atoms with van der Waals surface area (Å²) >= 11 is 0. The zero-order valence-corrected chi connectivity index (χ0v) is 14.9. The summed E-state index contributed by atoms with van der Waals surface area (Å²) in [7, 11) is 1.58. The summed E-state index contributed by atoms with van der Waals surface area (Å²) in [4.78, 5) is 13.5. The van der Waals surface area contributed by atoms with Gasteiger partial charge in [-0.2, -0.15) is 18.3 Å². The third kappa shape index (κ3) is 5.00. The molecule has 0 amide bonds. The summed E-state index contributed by atoms with van der Waals surface area (Å²) in [6.07, 6.45) is -3.41. The Bertz CT molecular complexity index is 830. The minimum absolute atomic E-state index is 0.115. The Hall–Kier alpha value is -2.55. The van der Waals surface area contributed by atoms with Crippen LogP contribution in [-0.2, 0) is 13.2 Å². The van der Waals surface area contributed by atoms with E-state index in [-0.39, 0.29) is 17.4 Å². The lowest BCUT2D eigenvalue weighted by molar-refractivity contribution is -0.139. The fourth-order valence-electron chi connectivity index (χ4n) is 2.96. The first-order valence-electron chi connectivity index (χ1n) is 8.66. The molecule has 9 heteroatoms. The number of ether oxygens (including phenoxy) is 1. The first-order chi connectivity index (χ1) is 12.8. The minimum atomic E-state index is -4.43. The molecule has 0 radical (unpaired) electrons. The number of anilines is 1. The van der Waals surface area contributed by atoms with Crippen LogP contribution in [0.3, 0.4) is 0 Å². The Kier molecular flexibility index (Phi) is 5.69. The molecule has 6 nitrogen and oxygen atoms in total. The van der Waals surface area contributed by atoms with E-state index in [0.29, 0.717) is 38.4 Å². The van der Waals surface area contributed by atoms with E-state index in [9.17, 15) is 18.0 Å². The molecule has 3 rings (SSSR count). The van der Waals surface area contributed by atoms with Gasteiger partial charge in [0.05, 0.1) is 12.2 Å². The predicted molar refractivity (Wildman–Crippen MR) is 94.6 cm³/mol. The van der Waals surface area contributed by atoms with Crippen LogP contribution in [0.4, 0.5) is 19.0 Å². The van der Waals surface area contributed by atoms with Gasteiger partial charge < -0.3 is 10.1 Å². The lowest BCUT2D eigenvalue weighted by atomic mass is 10.1. The molecule has 2 heterocycles. The third-order valence-electron chi connectivity index (χ3n) is 4.46. The van der Waals surface area contributed by atoms with Crippen molar-refractivity contribution in [2.24, 2.45) is 7.05 Å². The molecule has 1 aliphatic heterocycles. The van der Waals surface area contributed by atoms with Crippen molar-refractivity contribution < 1.29 is 17.9 Å². The smallest absolute Gasteiger partial charge is 0.419 e. The van der Waals surface area contributed by atoms with E-state index in [1.165, 1.54) is 22.9 Å². The van der Waals surface area contributed by atoms with Crippen molar-refractivity contribution in [1.82, 2.24) is 14.7 Å². The Morgan fingerprint density at radius 1 is 1.19 bits per heavy atom. The molecular weight excluding hydrogens is 361 g/mol. The molecule has 0 spiro atoms. The summed E-state index contributed by atoms with van der Waals surface area (Å²) in [6.45, 7) is 1.92. The van der Waals surface area contributed by atoms with Crippen LogP contribution in [-0.4, -0.2) is 40.5 Å². The molecule has 1 saturated heterocycles. The van der Waals surface area contributed by atoms with Crippen molar-refractivity contribution in [3.05, 3.63) is 52.3 Å². The molecule has 1 N–H and O–H groups in total. The summed E-state index contributed by atoms with van der Waals surface area (Å²) in [6, 6.07) is 8.36. The van der Waals surface area contributed by atoms with Gasteiger partial charge in [0.25, 0.3) is 5.56 Å². The number of hydrogen-bond acceptors (Lipinski definition) is 5. The van der Waals surface area contributed by atoms with Crippen LogP contribution < -0.4 is 15.6 Å². The number of rotatable bonds is 5. The second kappa shape index (κ2) is 7.99. The van der Waals surface area contributed by atoms with Gasteiger partial charge >= 0.3 is 6.18 Å². The molecule has 0 saturated carbocycles. The van der Waals surface area contributed by atoms with Crippen molar-refractivity contribution in [2.75, 3.05) is 25.1 Å². The lowest BCUT2D eigenvalue weighted by Gasteiger charge is -2.32. The fraction of sp³-hybridized carbons (Fsp3) is 0.444. The zero-order valence-electron chi connectivity index (χ0n) is 14.9. The first-order valence-corrected chi connectivity index (χ1v) is 8.66. The van der Waals surface area contributed by atoms with Crippen molar-refractivity contribution >= 4 is 5.82 Å². The number of aryl methyl sites for hydroxylation is 1. The molecule has 1 aliphatic rings. The van der Waals surface area contributed by atoms with Gasteiger partial charge in [-0.05, 0) is 31.0 Å². The van der Waals surface area contributed by atoms with Gasteiger partial charge in [0, 0.05) is 26.2 Å². The van der Waals surface area contributed by atoms with Gasteiger partial charge in [0.15, 0.2) is 0 Å². The van der Waals surface area contributed by atoms with Gasteiger partial charge in [0.2, 0.25) is 0 Å². The van der Waals surface area contributed by atoms with Crippen LogP contribution in [0, 0.1) is 0 Å². The van der Waals surface area contributed by atoms with E-state index in [2.05, 4.69) is 15.3 Å². The number of likely N-dealkylation sites (tertiary alicyclic amines) is 1. The molecule has 1 aromatic heterocycles. The van der Waals surface area contributed by atoms with E-state index in [1.807, 2.05) is 0 Å². The van der Waals surface area contributed by atoms with Crippen molar-refractivity contribution in [3.63, 3.8) is 0 Å². The Labute approximate surface area is 154 Å². The number of alkyl halides is 3. The van der Waals surface area contributed by atoms with E-state index in [4.69, 9.17) is 4.74 Å². The molecule has 146 valence electrons. The van der Waals surface area contributed by atoms with E-state index < -0.39 is 11.7 Å².